The summed E-state index contributed by atoms with van der Waals surface area (Å²) >= 11 is 7.58. The van der Waals surface area contributed by atoms with Crippen molar-refractivity contribution in [3.8, 4) is 5.69 Å². The van der Waals surface area contributed by atoms with Gasteiger partial charge in [0.05, 0.1) is 21.7 Å². The Hall–Kier alpha value is -2.33. The van der Waals surface area contributed by atoms with Gasteiger partial charge in [-0.25, -0.2) is 23.5 Å². The van der Waals surface area contributed by atoms with Crippen molar-refractivity contribution >= 4 is 44.4 Å². The Kier molecular flexibility index (Phi) is 6.38. The molecule has 0 aliphatic rings. The summed E-state index contributed by atoms with van der Waals surface area (Å²) in [5.74, 6) is 1.46. The molecule has 2 N–H and O–H groups in total. The van der Waals surface area contributed by atoms with Crippen molar-refractivity contribution in [2.75, 3.05) is 0 Å². The van der Waals surface area contributed by atoms with Gasteiger partial charge in [0.2, 0.25) is 10.0 Å². The van der Waals surface area contributed by atoms with Crippen LogP contribution in [0.25, 0.3) is 16.7 Å². The Morgan fingerprint density at radius 1 is 1.16 bits per heavy atom. The number of nitrogens with zero attached hydrogens (tertiary/aromatic N) is 4. The molecule has 0 amide bonds. The number of benzene rings is 2. The molecule has 0 unspecified atom stereocenters. The highest BCUT2D eigenvalue weighted by molar-refractivity contribution is 7.98. The normalized spacial score (nSPS) is 12.0. The highest BCUT2D eigenvalue weighted by Gasteiger charge is 2.16. The Balaban J connectivity index is 1.65. The average Bonchev–Trinajstić information content (AvgIpc) is 3.34. The number of halogens is 1. The van der Waals surface area contributed by atoms with Gasteiger partial charge in [0.1, 0.15) is 5.82 Å². The monoisotopic (exact) mass is 475 g/mol. The van der Waals surface area contributed by atoms with Crippen LogP contribution in [0.1, 0.15) is 25.6 Å². The van der Waals surface area contributed by atoms with Gasteiger partial charge in [-0.05, 0) is 48.9 Å². The number of primary sulfonamides is 1. The largest absolute Gasteiger partial charge is 0.327 e. The highest BCUT2D eigenvalue weighted by Crippen LogP contribution is 2.28. The van der Waals surface area contributed by atoms with E-state index in [0.717, 1.165) is 41.6 Å². The van der Waals surface area contributed by atoms with Gasteiger partial charge in [0.25, 0.3) is 0 Å². The second-order valence-electron chi connectivity index (χ2n) is 7.07. The molecule has 10 heteroatoms. The topological polar surface area (TPSA) is 95.8 Å². The van der Waals surface area contributed by atoms with Crippen LogP contribution in [0.2, 0.25) is 5.02 Å². The third-order valence-electron chi connectivity index (χ3n) is 4.90. The Bertz CT molecular complexity index is 1310. The first-order chi connectivity index (χ1) is 14.9. The Morgan fingerprint density at radius 3 is 2.65 bits per heavy atom. The molecule has 0 fully saturated rings. The van der Waals surface area contributed by atoms with E-state index in [1.165, 1.54) is 12.1 Å². The van der Waals surface area contributed by atoms with Crippen molar-refractivity contribution in [2.45, 2.75) is 42.1 Å². The molecule has 0 saturated carbocycles. The fraction of sp³-hybridized carbons (Fsp3) is 0.238. The van der Waals surface area contributed by atoms with E-state index in [0.29, 0.717) is 16.3 Å². The van der Waals surface area contributed by atoms with Gasteiger partial charge in [-0.2, -0.15) is 0 Å². The number of fused-ring (bicyclic) bond motifs is 1. The zero-order valence-electron chi connectivity index (χ0n) is 16.9. The molecule has 31 heavy (non-hydrogen) atoms. The smallest absolute Gasteiger partial charge is 0.238 e. The van der Waals surface area contributed by atoms with Crippen LogP contribution in [0, 0.1) is 0 Å². The van der Waals surface area contributed by atoms with Crippen molar-refractivity contribution in [3.63, 3.8) is 0 Å². The van der Waals surface area contributed by atoms with Gasteiger partial charge < -0.3 is 4.57 Å². The van der Waals surface area contributed by atoms with E-state index in [2.05, 4.69) is 16.5 Å². The minimum absolute atomic E-state index is 0.0672. The molecule has 2 aromatic heterocycles. The lowest BCUT2D eigenvalue weighted by Gasteiger charge is -2.10. The maximum Gasteiger partial charge on any atom is 0.238 e. The van der Waals surface area contributed by atoms with Gasteiger partial charge in [0, 0.05) is 29.6 Å². The Morgan fingerprint density at radius 2 is 1.94 bits per heavy atom. The fourth-order valence-electron chi connectivity index (χ4n) is 3.34. The number of unbranched alkanes of at least 4 members (excludes halogenated alkanes) is 1. The summed E-state index contributed by atoms with van der Waals surface area (Å²) in [6, 6.07) is 12.4. The first-order valence-corrected chi connectivity index (χ1v) is 12.7. The number of nitrogens with two attached hydrogens (primary N) is 1. The number of hydrogen-bond acceptors (Lipinski definition) is 5. The number of rotatable bonds is 8. The number of aromatic nitrogens is 4. The van der Waals surface area contributed by atoms with Gasteiger partial charge in [-0.3, -0.25) is 4.57 Å². The third-order valence-corrected chi connectivity index (χ3v) is 7.03. The van der Waals surface area contributed by atoms with Crippen LogP contribution in [0.3, 0.4) is 0 Å². The van der Waals surface area contributed by atoms with Crippen molar-refractivity contribution in [3.05, 3.63) is 65.7 Å². The van der Waals surface area contributed by atoms with E-state index in [1.807, 2.05) is 35.0 Å². The molecule has 2 heterocycles. The highest BCUT2D eigenvalue weighted by atomic mass is 35.5. The molecule has 0 aliphatic heterocycles. The van der Waals surface area contributed by atoms with Crippen molar-refractivity contribution < 1.29 is 8.42 Å². The van der Waals surface area contributed by atoms with E-state index in [1.54, 1.807) is 24.0 Å². The molecule has 4 aromatic rings. The molecule has 0 saturated heterocycles. The van der Waals surface area contributed by atoms with E-state index >= 15 is 0 Å². The summed E-state index contributed by atoms with van der Waals surface area (Å²) in [5.41, 5.74) is 2.50. The summed E-state index contributed by atoms with van der Waals surface area (Å²) in [7, 11) is -3.78. The van der Waals surface area contributed by atoms with E-state index in [4.69, 9.17) is 21.7 Å². The van der Waals surface area contributed by atoms with Crippen LogP contribution in [-0.4, -0.2) is 27.5 Å². The SMILES string of the molecule is CCCCn1c(CSc2nccn2-c2ccc(Cl)cc2)nc2cc(S(N)(=O)=O)ccc21. The zero-order chi connectivity index (χ0) is 22.0. The predicted molar refractivity (Wildman–Crippen MR) is 124 cm³/mol. The third kappa shape index (κ3) is 4.79. The summed E-state index contributed by atoms with van der Waals surface area (Å²) in [5, 5.41) is 6.81. The number of hydrogen-bond donors (Lipinski definition) is 1. The van der Waals surface area contributed by atoms with Crippen molar-refractivity contribution in [1.29, 1.82) is 0 Å². The fourth-order valence-corrected chi connectivity index (χ4v) is 4.92. The minimum atomic E-state index is -3.78. The van der Waals surface area contributed by atoms with E-state index in [-0.39, 0.29) is 4.90 Å². The molecule has 4 rings (SSSR count). The molecule has 0 atom stereocenters. The number of thioether (sulfide) groups is 1. The van der Waals surface area contributed by atoms with E-state index in [9.17, 15) is 8.42 Å². The molecule has 0 bridgehead atoms. The van der Waals surface area contributed by atoms with Crippen LogP contribution < -0.4 is 5.14 Å². The molecule has 0 aliphatic carbocycles. The van der Waals surface area contributed by atoms with Gasteiger partial charge >= 0.3 is 0 Å². The van der Waals surface area contributed by atoms with Gasteiger partial charge in [-0.1, -0.05) is 36.7 Å². The van der Waals surface area contributed by atoms with Crippen LogP contribution in [-0.2, 0) is 22.3 Å². The summed E-state index contributed by atoms with van der Waals surface area (Å²) in [6.45, 7) is 2.94. The molecular formula is C21H22ClN5O2S2. The predicted octanol–water partition coefficient (Wildman–Crippen LogP) is 4.62. The van der Waals surface area contributed by atoms with Crippen LogP contribution >= 0.6 is 23.4 Å². The first kappa shape index (κ1) is 21.9. The second kappa shape index (κ2) is 9.04. The minimum Gasteiger partial charge on any atom is -0.327 e. The molecule has 0 radical (unpaired) electrons. The summed E-state index contributed by atoms with van der Waals surface area (Å²) in [4.78, 5) is 9.27. The molecule has 162 valence electrons. The molecule has 7 nitrogen and oxygen atoms in total. The van der Waals surface area contributed by atoms with Gasteiger partial charge in [-0.15, -0.1) is 0 Å². The van der Waals surface area contributed by atoms with Crippen LogP contribution in [0.4, 0.5) is 0 Å². The number of aryl methyl sites for hydroxylation is 1. The molecule has 2 aromatic carbocycles. The quantitative estimate of drug-likeness (QED) is 0.375. The zero-order valence-corrected chi connectivity index (χ0v) is 19.3. The lowest BCUT2D eigenvalue weighted by Crippen LogP contribution is -2.11. The van der Waals surface area contributed by atoms with E-state index < -0.39 is 10.0 Å². The summed E-state index contributed by atoms with van der Waals surface area (Å²) < 4.78 is 27.6. The lowest BCUT2D eigenvalue weighted by molar-refractivity contribution is 0.598. The van der Waals surface area contributed by atoms with Crippen molar-refractivity contribution in [2.24, 2.45) is 5.14 Å². The summed E-state index contributed by atoms with van der Waals surface area (Å²) in [6.07, 6.45) is 5.71. The number of imidazole rings is 2. The van der Waals surface area contributed by atoms with Crippen LogP contribution in [0.15, 0.2) is 64.9 Å². The molecule has 0 spiro atoms. The standard InChI is InChI=1S/C21H22ClN5O2S2/c1-2-3-11-27-19-9-8-17(31(23,28)29)13-18(19)25-20(27)14-30-21-24-10-12-26(21)16-6-4-15(22)5-7-16/h4-10,12-13H,2-3,11,14H2,1H3,(H2,23,28,29). The van der Waals surface area contributed by atoms with Crippen molar-refractivity contribution in [1.82, 2.24) is 19.1 Å². The second-order valence-corrected chi connectivity index (χ2v) is 10.0. The first-order valence-electron chi connectivity index (χ1n) is 9.81. The van der Waals surface area contributed by atoms with Gasteiger partial charge in [0.15, 0.2) is 5.16 Å². The average molecular weight is 476 g/mol. The number of sulfonamides is 1. The maximum atomic E-state index is 11.7. The maximum absolute atomic E-state index is 11.7. The molecular weight excluding hydrogens is 454 g/mol. The Labute approximate surface area is 190 Å². The lowest BCUT2D eigenvalue weighted by atomic mass is 10.3. The van der Waals surface area contributed by atoms with Crippen LogP contribution in [0.5, 0.6) is 0 Å².